The number of benzene rings is 4. The summed E-state index contributed by atoms with van der Waals surface area (Å²) in [4.78, 5) is 46.4. The van der Waals surface area contributed by atoms with E-state index < -0.39 is 23.9 Å². The minimum atomic E-state index is -1.32. The molecule has 4 aromatic carbocycles. The van der Waals surface area contributed by atoms with Crippen LogP contribution in [-0.2, 0) is 0 Å². The first kappa shape index (κ1) is 31.8. The molecule has 0 saturated heterocycles. The summed E-state index contributed by atoms with van der Waals surface area (Å²) in [5.41, 5.74) is 3.42. The Balaban J connectivity index is 1.33. The van der Waals surface area contributed by atoms with Gasteiger partial charge >= 0.3 is 23.9 Å². The zero-order valence-electron chi connectivity index (χ0n) is 25.8. The van der Waals surface area contributed by atoms with E-state index in [1.807, 2.05) is 0 Å². The first-order chi connectivity index (χ1) is 24.5. The smallest absolute Gasteiger partial charge is 0.335 e. The molecule has 0 unspecified atom stereocenters. The highest BCUT2D eigenvalue weighted by molar-refractivity contribution is 5.95. The molecule has 0 aliphatic rings. The Bertz CT molecular complexity index is 2390. The fourth-order valence-electron chi connectivity index (χ4n) is 5.19. The summed E-state index contributed by atoms with van der Waals surface area (Å²) >= 11 is 0. The molecule has 3 aromatic heterocycles. The molecule has 17 heteroatoms. The van der Waals surface area contributed by atoms with E-state index in [0.717, 1.165) is 6.07 Å². The Morgan fingerprint density at radius 3 is 1.10 bits per heavy atom. The summed E-state index contributed by atoms with van der Waals surface area (Å²) in [5, 5.41) is 63.3. The van der Waals surface area contributed by atoms with Gasteiger partial charge in [0.1, 0.15) is 17.1 Å². The number of nitrogens with zero attached hydrogens (tertiary/aromatic N) is 9. The quantitative estimate of drug-likeness (QED) is 0.158. The summed E-state index contributed by atoms with van der Waals surface area (Å²) < 4.78 is 4.09. The average molecular weight is 684 g/mol. The van der Waals surface area contributed by atoms with E-state index in [4.69, 9.17) is 0 Å². The molecule has 3 heterocycles. The van der Waals surface area contributed by atoms with Gasteiger partial charge in [0, 0.05) is 16.7 Å². The average Bonchev–Trinajstić information content (AvgIpc) is 3.93. The number of hydrogen-bond acceptors (Lipinski definition) is 10. The van der Waals surface area contributed by atoms with Crippen LogP contribution in [0.15, 0.2) is 104 Å². The zero-order valence-corrected chi connectivity index (χ0v) is 25.8. The third-order valence-electron chi connectivity index (χ3n) is 7.69. The van der Waals surface area contributed by atoms with E-state index >= 15 is 0 Å². The van der Waals surface area contributed by atoms with Gasteiger partial charge < -0.3 is 20.4 Å². The minimum Gasteiger partial charge on any atom is -0.478 e. The maximum Gasteiger partial charge on any atom is 0.335 e. The largest absolute Gasteiger partial charge is 0.478 e. The summed E-state index contributed by atoms with van der Waals surface area (Å²) in [5.74, 6) is -4.83. The molecular weight excluding hydrogens is 662 g/mol. The van der Waals surface area contributed by atoms with E-state index in [1.54, 1.807) is 54.9 Å². The molecule has 0 spiro atoms. The van der Waals surface area contributed by atoms with Crippen LogP contribution < -0.4 is 0 Å². The van der Waals surface area contributed by atoms with Crippen molar-refractivity contribution in [3.63, 3.8) is 0 Å². The lowest BCUT2D eigenvalue weighted by atomic mass is 10.0. The number of aromatic carboxylic acids is 4. The predicted molar refractivity (Wildman–Crippen MR) is 175 cm³/mol. The highest BCUT2D eigenvalue weighted by atomic mass is 16.4. The van der Waals surface area contributed by atoms with Gasteiger partial charge in [0.25, 0.3) is 0 Å². The second-order valence-electron chi connectivity index (χ2n) is 11.0. The number of carbonyl (C=O) groups is 4. The van der Waals surface area contributed by atoms with E-state index in [1.165, 1.54) is 56.6 Å². The Kier molecular flexibility index (Phi) is 7.88. The number of carboxylic acids is 4. The van der Waals surface area contributed by atoms with E-state index in [-0.39, 0.29) is 27.9 Å². The summed E-state index contributed by atoms with van der Waals surface area (Å²) in [6, 6.07) is 21.2. The molecule has 0 fully saturated rings. The van der Waals surface area contributed by atoms with Gasteiger partial charge in [-0.1, -0.05) is 27.8 Å². The standard InChI is InChI=1S/C34H21N9O8/c44-31(45)18-3-1-5-25(11-18)41-15-28(35-38-41)20-7-21(29-16-42(39-36-29)26-6-2-4-19(12-26)32(46)47)9-22(8-20)30-17-43(40-37-30)27-13-23(33(48)49)10-24(14-27)34(50)51/h1-17H,(H,44,45)(H,46,47)(H,48,49)(H,50,51). The van der Waals surface area contributed by atoms with Gasteiger partial charge in [-0.05, 0) is 72.8 Å². The van der Waals surface area contributed by atoms with Crippen LogP contribution in [0.2, 0.25) is 0 Å². The lowest BCUT2D eigenvalue weighted by Gasteiger charge is -2.06. The Hall–Kier alpha value is -7.82. The van der Waals surface area contributed by atoms with E-state index in [9.17, 15) is 39.6 Å². The zero-order chi connectivity index (χ0) is 35.8. The van der Waals surface area contributed by atoms with Crippen LogP contribution >= 0.6 is 0 Å². The summed E-state index contributed by atoms with van der Waals surface area (Å²) in [7, 11) is 0. The lowest BCUT2D eigenvalue weighted by molar-refractivity contribution is 0.0680. The molecule has 0 radical (unpaired) electrons. The first-order valence-electron chi connectivity index (χ1n) is 14.8. The molecule has 0 atom stereocenters. The maximum atomic E-state index is 11.7. The fourth-order valence-corrected chi connectivity index (χ4v) is 5.19. The number of aromatic nitrogens is 9. The van der Waals surface area contributed by atoms with Gasteiger partial charge in [0.2, 0.25) is 0 Å². The van der Waals surface area contributed by atoms with E-state index in [2.05, 4.69) is 30.9 Å². The van der Waals surface area contributed by atoms with Gasteiger partial charge in [-0.15, -0.1) is 15.3 Å². The van der Waals surface area contributed by atoms with Crippen LogP contribution in [0.25, 0.3) is 50.8 Å². The normalized spacial score (nSPS) is 11.0. The van der Waals surface area contributed by atoms with Crippen molar-refractivity contribution in [3.05, 3.63) is 126 Å². The van der Waals surface area contributed by atoms with E-state index in [0.29, 0.717) is 45.1 Å². The minimum absolute atomic E-state index is 0.0678. The van der Waals surface area contributed by atoms with Crippen LogP contribution in [0.1, 0.15) is 41.4 Å². The van der Waals surface area contributed by atoms with Crippen LogP contribution in [0.5, 0.6) is 0 Å². The second kappa shape index (κ2) is 12.7. The van der Waals surface area contributed by atoms with Gasteiger partial charge in [-0.2, -0.15) is 0 Å². The molecule has 17 nitrogen and oxygen atoms in total. The van der Waals surface area contributed by atoms with Crippen LogP contribution in [0, 0.1) is 0 Å². The molecule has 51 heavy (non-hydrogen) atoms. The predicted octanol–water partition coefficient (Wildman–Crippen LogP) is 4.22. The van der Waals surface area contributed by atoms with Gasteiger partial charge in [0.05, 0.1) is 57.9 Å². The Labute approximate surface area is 284 Å². The topological polar surface area (TPSA) is 241 Å². The van der Waals surface area contributed by atoms with Crippen molar-refractivity contribution < 1.29 is 39.6 Å². The fraction of sp³-hybridized carbons (Fsp3) is 0. The van der Waals surface area contributed by atoms with Crippen LogP contribution in [0.4, 0.5) is 0 Å². The molecule has 4 N–H and O–H groups in total. The number of carboxylic acid groups (broad SMARTS) is 4. The molecule has 7 rings (SSSR count). The number of rotatable bonds is 10. The van der Waals surface area contributed by atoms with Gasteiger partial charge in [-0.25, -0.2) is 33.2 Å². The Morgan fingerprint density at radius 1 is 0.412 bits per heavy atom. The molecule has 0 amide bonds. The highest BCUT2D eigenvalue weighted by Crippen LogP contribution is 2.32. The number of hydrogen-bond donors (Lipinski definition) is 4. The van der Waals surface area contributed by atoms with Crippen molar-refractivity contribution in [1.29, 1.82) is 0 Å². The van der Waals surface area contributed by atoms with Crippen molar-refractivity contribution in [1.82, 2.24) is 45.0 Å². The molecule has 0 aliphatic carbocycles. The summed E-state index contributed by atoms with van der Waals surface area (Å²) in [6.45, 7) is 0. The third-order valence-corrected chi connectivity index (χ3v) is 7.69. The molecule has 250 valence electrons. The maximum absolute atomic E-state index is 11.7. The van der Waals surface area contributed by atoms with Crippen molar-refractivity contribution >= 4 is 23.9 Å². The molecular formula is C34H21N9O8. The molecule has 0 aliphatic heterocycles. The molecule has 0 bridgehead atoms. The SMILES string of the molecule is O=C(O)c1cccc(-n2cc(-c3cc(-c4cn(-c5cccc(C(=O)O)c5)nn4)cc(-c4cn(-c5cc(C(=O)O)cc(C(=O)O)c5)nn4)c3)nn2)c1. The van der Waals surface area contributed by atoms with Crippen LogP contribution in [0.3, 0.4) is 0 Å². The van der Waals surface area contributed by atoms with Crippen molar-refractivity contribution in [2.24, 2.45) is 0 Å². The van der Waals surface area contributed by atoms with Crippen molar-refractivity contribution in [3.8, 4) is 50.8 Å². The van der Waals surface area contributed by atoms with Gasteiger partial charge in [-0.3, -0.25) is 0 Å². The molecule has 0 saturated carbocycles. The highest BCUT2D eigenvalue weighted by Gasteiger charge is 2.18. The first-order valence-corrected chi connectivity index (χ1v) is 14.8. The van der Waals surface area contributed by atoms with Crippen LogP contribution in [-0.4, -0.2) is 89.3 Å². The second-order valence-corrected chi connectivity index (χ2v) is 11.0. The van der Waals surface area contributed by atoms with Crippen molar-refractivity contribution in [2.45, 2.75) is 0 Å². The van der Waals surface area contributed by atoms with Crippen molar-refractivity contribution in [2.75, 3.05) is 0 Å². The lowest BCUT2D eigenvalue weighted by Crippen LogP contribution is -2.06. The summed E-state index contributed by atoms with van der Waals surface area (Å²) in [6.07, 6.45) is 4.72. The molecule has 7 aromatic rings. The van der Waals surface area contributed by atoms with Gasteiger partial charge in [0.15, 0.2) is 0 Å². The Morgan fingerprint density at radius 2 is 0.745 bits per heavy atom. The monoisotopic (exact) mass is 683 g/mol. The third kappa shape index (κ3) is 6.40.